The van der Waals surface area contributed by atoms with Crippen LogP contribution in [0, 0.1) is 29.6 Å². The van der Waals surface area contributed by atoms with Gasteiger partial charge < -0.3 is 5.32 Å². The Labute approximate surface area is 137 Å². The van der Waals surface area contributed by atoms with Crippen LogP contribution in [0.3, 0.4) is 0 Å². The van der Waals surface area contributed by atoms with Crippen LogP contribution >= 0.6 is 0 Å². The molecule has 2 saturated carbocycles. The average molecular weight is 302 g/mol. The fourth-order valence-corrected chi connectivity index (χ4v) is 5.90. The highest BCUT2D eigenvalue weighted by molar-refractivity contribution is 5.15. The first-order valence-electron chi connectivity index (χ1n) is 10.2. The van der Waals surface area contributed by atoms with E-state index in [2.05, 4.69) is 18.3 Å². The van der Waals surface area contributed by atoms with Crippen molar-refractivity contribution in [3.05, 3.63) is 11.6 Å². The fraction of sp³-hybridized carbons (Fsp3) is 0.905. The van der Waals surface area contributed by atoms with Crippen LogP contribution in [-0.2, 0) is 0 Å². The van der Waals surface area contributed by atoms with E-state index in [1.807, 2.05) is 5.57 Å². The lowest BCUT2D eigenvalue weighted by Crippen LogP contribution is -2.35. The van der Waals surface area contributed by atoms with Crippen LogP contribution in [0.2, 0.25) is 0 Å². The maximum atomic E-state index is 3.68. The first-order chi connectivity index (χ1) is 10.8. The smallest absolute Gasteiger partial charge is 0.0227 e. The van der Waals surface area contributed by atoms with Crippen LogP contribution < -0.4 is 5.32 Å². The molecular formula is C21H35N. The van der Waals surface area contributed by atoms with Crippen molar-refractivity contribution in [2.24, 2.45) is 29.6 Å². The normalized spacial score (nSPS) is 46.1. The lowest BCUT2D eigenvalue weighted by Gasteiger charge is -2.42. The molecule has 0 aromatic rings. The SMILES string of the molecule is CC1CCC(C2CCC(C3=CCCCC3)C(C3CN3)C2)CC1. The van der Waals surface area contributed by atoms with Crippen LogP contribution in [0.1, 0.15) is 77.6 Å². The molecule has 0 aromatic carbocycles. The number of hydrogen-bond acceptors (Lipinski definition) is 1. The van der Waals surface area contributed by atoms with Crippen molar-refractivity contribution >= 4 is 0 Å². The zero-order valence-corrected chi connectivity index (χ0v) is 14.5. The van der Waals surface area contributed by atoms with Crippen molar-refractivity contribution in [3.63, 3.8) is 0 Å². The largest absolute Gasteiger partial charge is 0.311 e. The molecule has 3 aliphatic carbocycles. The summed E-state index contributed by atoms with van der Waals surface area (Å²) in [6, 6.07) is 0.873. The third kappa shape index (κ3) is 3.30. The molecule has 4 rings (SSSR count). The Hall–Kier alpha value is -0.300. The molecule has 3 fully saturated rings. The topological polar surface area (TPSA) is 21.9 Å². The van der Waals surface area contributed by atoms with Crippen molar-refractivity contribution in [3.8, 4) is 0 Å². The Kier molecular flexibility index (Phi) is 4.62. The van der Waals surface area contributed by atoms with Gasteiger partial charge in [-0.15, -0.1) is 0 Å². The minimum atomic E-state index is 0.873. The molecule has 124 valence electrons. The second-order valence-corrected chi connectivity index (χ2v) is 8.90. The molecule has 0 radical (unpaired) electrons. The molecule has 4 atom stereocenters. The van der Waals surface area contributed by atoms with Gasteiger partial charge in [0, 0.05) is 12.6 Å². The quantitative estimate of drug-likeness (QED) is 0.553. The van der Waals surface area contributed by atoms with Crippen molar-refractivity contribution in [1.82, 2.24) is 5.32 Å². The van der Waals surface area contributed by atoms with Gasteiger partial charge in [0.1, 0.15) is 0 Å². The Bertz CT molecular complexity index is 400. The molecule has 4 aliphatic rings. The number of nitrogens with one attached hydrogen (secondary N) is 1. The first-order valence-corrected chi connectivity index (χ1v) is 10.2. The van der Waals surface area contributed by atoms with Crippen LogP contribution in [-0.4, -0.2) is 12.6 Å². The van der Waals surface area contributed by atoms with E-state index in [-0.39, 0.29) is 0 Å². The molecule has 1 N–H and O–H groups in total. The molecule has 1 heteroatoms. The zero-order chi connectivity index (χ0) is 14.9. The lowest BCUT2D eigenvalue weighted by atomic mass is 9.63. The predicted octanol–water partition coefficient (Wildman–Crippen LogP) is 5.32. The van der Waals surface area contributed by atoms with Crippen molar-refractivity contribution in [1.29, 1.82) is 0 Å². The van der Waals surface area contributed by atoms with Crippen LogP contribution in [0.25, 0.3) is 0 Å². The summed E-state index contributed by atoms with van der Waals surface area (Å²) in [6.07, 6.45) is 18.9. The van der Waals surface area contributed by atoms with E-state index in [1.165, 1.54) is 70.8 Å². The summed E-state index contributed by atoms with van der Waals surface area (Å²) in [5.41, 5.74) is 1.86. The van der Waals surface area contributed by atoms with Gasteiger partial charge >= 0.3 is 0 Å². The monoisotopic (exact) mass is 301 g/mol. The second-order valence-electron chi connectivity index (χ2n) is 8.90. The summed E-state index contributed by atoms with van der Waals surface area (Å²) in [5, 5.41) is 3.68. The molecule has 0 aromatic heterocycles. The first kappa shape index (κ1) is 15.2. The van der Waals surface area contributed by atoms with Gasteiger partial charge in [-0.1, -0.05) is 31.4 Å². The van der Waals surface area contributed by atoms with Gasteiger partial charge in [-0.2, -0.15) is 0 Å². The zero-order valence-electron chi connectivity index (χ0n) is 14.5. The molecule has 1 heterocycles. The molecule has 0 bridgehead atoms. The Morgan fingerprint density at radius 3 is 2.41 bits per heavy atom. The number of allylic oxidation sites excluding steroid dienone is 2. The van der Waals surface area contributed by atoms with E-state index >= 15 is 0 Å². The molecular weight excluding hydrogens is 266 g/mol. The Balaban J connectivity index is 1.42. The fourth-order valence-electron chi connectivity index (χ4n) is 5.90. The Morgan fingerprint density at radius 1 is 0.955 bits per heavy atom. The van der Waals surface area contributed by atoms with Crippen LogP contribution in [0.4, 0.5) is 0 Å². The van der Waals surface area contributed by atoms with Gasteiger partial charge in [0.2, 0.25) is 0 Å². The summed E-state index contributed by atoms with van der Waals surface area (Å²) in [4.78, 5) is 0. The van der Waals surface area contributed by atoms with E-state index in [0.717, 1.165) is 35.6 Å². The minimum absolute atomic E-state index is 0.873. The molecule has 1 saturated heterocycles. The van der Waals surface area contributed by atoms with Crippen LogP contribution in [0.5, 0.6) is 0 Å². The number of hydrogen-bond donors (Lipinski definition) is 1. The average Bonchev–Trinajstić information content (AvgIpc) is 3.41. The highest BCUT2D eigenvalue weighted by Crippen LogP contribution is 2.48. The van der Waals surface area contributed by atoms with E-state index in [1.54, 1.807) is 6.42 Å². The lowest BCUT2D eigenvalue weighted by molar-refractivity contribution is 0.115. The van der Waals surface area contributed by atoms with Gasteiger partial charge in [0.05, 0.1) is 0 Å². The minimum Gasteiger partial charge on any atom is -0.311 e. The van der Waals surface area contributed by atoms with E-state index in [9.17, 15) is 0 Å². The van der Waals surface area contributed by atoms with Gasteiger partial charge in [0.15, 0.2) is 0 Å². The maximum absolute atomic E-state index is 3.68. The molecule has 22 heavy (non-hydrogen) atoms. The highest BCUT2D eigenvalue weighted by atomic mass is 15.1. The highest BCUT2D eigenvalue weighted by Gasteiger charge is 2.43. The van der Waals surface area contributed by atoms with Gasteiger partial charge in [0.25, 0.3) is 0 Å². The second kappa shape index (κ2) is 6.67. The van der Waals surface area contributed by atoms with E-state index in [4.69, 9.17) is 0 Å². The summed E-state index contributed by atoms with van der Waals surface area (Å²) in [7, 11) is 0. The van der Waals surface area contributed by atoms with Crippen molar-refractivity contribution in [2.45, 2.75) is 83.6 Å². The van der Waals surface area contributed by atoms with Crippen LogP contribution in [0.15, 0.2) is 11.6 Å². The molecule has 1 aliphatic heterocycles. The standard InChI is InChI=1S/C21H35N/c1-15-7-9-16(10-8-15)18-11-12-19(17-5-3-2-4-6-17)20(13-18)21-14-22-21/h5,15-16,18-22H,2-4,6-14H2,1H3. The summed E-state index contributed by atoms with van der Waals surface area (Å²) in [5.74, 6) is 5.04. The van der Waals surface area contributed by atoms with Crippen molar-refractivity contribution < 1.29 is 0 Å². The molecule has 0 spiro atoms. The molecule has 0 amide bonds. The summed E-state index contributed by atoms with van der Waals surface area (Å²) in [6.45, 7) is 3.77. The van der Waals surface area contributed by atoms with Gasteiger partial charge in [-0.3, -0.25) is 0 Å². The Morgan fingerprint density at radius 2 is 1.73 bits per heavy atom. The van der Waals surface area contributed by atoms with Gasteiger partial charge in [-0.25, -0.2) is 0 Å². The number of rotatable bonds is 3. The van der Waals surface area contributed by atoms with E-state index in [0.29, 0.717) is 0 Å². The molecule has 1 nitrogen and oxygen atoms in total. The third-order valence-electron chi connectivity index (χ3n) is 7.43. The maximum Gasteiger partial charge on any atom is 0.0227 e. The summed E-state index contributed by atoms with van der Waals surface area (Å²) < 4.78 is 0. The third-order valence-corrected chi connectivity index (χ3v) is 7.43. The predicted molar refractivity (Wildman–Crippen MR) is 93.8 cm³/mol. The van der Waals surface area contributed by atoms with Crippen molar-refractivity contribution in [2.75, 3.05) is 6.54 Å². The van der Waals surface area contributed by atoms with E-state index < -0.39 is 0 Å². The van der Waals surface area contributed by atoms with Gasteiger partial charge in [-0.05, 0) is 87.4 Å². The summed E-state index contributed by atoms with van der Waals surface area (Å²) >= 11 is 0. The molecule has 4 unspecified atom stereocenters.